The molecule has 0 atom stereocenters. The van der Waals surface area contributed by atoms with E-state index in [0.29, 0.717) is 19.1 Å². The fourth-order valence-corrected chi connectivity index (χ4v) is 1.98. The van der Waals surface area contributed by atoms with Gasteiger partial charge in [0.15, 0.2) is 0 Å². The maximum absolute atomic E-state index is 11.8. The molecule has 0 radical (unpaired) electrons. The summed E-state index contributed by atoms with van der Waals surface area (Å²) in [6, 6.07) is 8.21. The minimum Gasteiger partial charge on any atom is -0.497 e. The summed E-state index contributed by atoms with van der Waals surface area (Å²) in [4.78, 5) is 13.9. The number of benzene rings is 1. The standard InChI is InChI=1S/C14H21N3O2/c1-17(12-8-15-9-12)10-14(18)16-7-11-4-3-5-13(6-11)19-2/h3-6,12,15H,7-10H2,1-2H3,(H,16,18). The van der Waals surface area contributed by atoms with Crippen LogP contribution >= 0.6 is 0 Å². The van der Waals surface area contributed by atoms with Gasteiger partial charge in [-0.3, -0.25) is 9.69 Å². The maximum Gasteiger partial charge on any atom is 0.234 e. The van der Waals surface area contributed by atoms with E-state index in [-0.39, 0.29) is 5.91 Å². The molecule has 0 bridgehead atoms. The van der Waals surface area contributed by atoms with Gasteiger partial charge in [-0.25, -0.2) is 0 Å². The lowest BCUT2D eigenvalue weighted by Gasteiger charge is -2.35. The van der Waals surface area contributed by atoms with E-state index >= 15 is 0 Å². The van der Waals surface area contributed by atoms with Gasteiger partial charge in [-0.2, -0.15) is 0 Å². The highest BCUT2D eigenvalue weighted by Crippen LogP contribution is 2.12. The summed E-state index contributed by atoms with van der Waals surface area (Å²) >= 11 is 0. The Morgan fingerprint density at radius 3 is 2.95 bits per heavy atom. The van der Waals surface area contributed by atoms with Crippen molar-refractivity contribution in [3.05, 3.63) is 29.8 Å². The normalized spacial score (nSPS) is 15.1. The molecular weight excluding hydrogens is 242 g/mol. The molecule has 1 fully saturated rings. The third kappa shape index (κ3) is 3.94. The first-order chi connectivity index (χ1) is 9.19. The van der Waals surface area contributed by atoms with E-state index in [2.05, 4.69) is 15.5 Å². The topological polar surface area (TPSA) is 53.6 Å². The number of hydrogen-bond acceptors (Lipinski definition) is 4. The number of hydrogen-bond donors (Lipinski definition) is 2. The van der Waals surface area contributed by atoms with Gasteiger partial charge in [-0.15, -0.1) is 0 Å². The predicted molar refractivity (Wildman–Crippen MR) is 74.1 cm³/mol. The van der Waals surface area contributed by atoms with Gasteiger partial charge in [0.1, 0.15) is 5.75 Å². The zero-order valence-electron chi connectivity index (χ0n) is 11.5. The molecule has 0 unspecified atom stereocenters. The lowest BCUT2D eigenvalue weighted by atomic mass is 10.1. The van der Waals surface area contributed by atoms with E-state index in [1.54, 1.807) is 7.11 Å². The first-order valence-electron chi connectivity index (χ1n) is 6.49. The number of amides is 1. The number of ether oxygens (including phenoxy) is 1. The summed E-state index contributed by atoms with van der Waals surface area (Å²) < 4.78 is 5.15. The summed E-state index contributed by atoms with van der Waals surface area (Å²) in [6.07, 6.45) is 0. The first kappa shape index (κ1) is 13.8. The van der Waals surface area contributed by atoms with Crippen LogP contribution in [0.3, 0.4) is 0 Å². The highest BCUT2D eigenvalue weighted by atomic mass is 16.5. The Hall–Kier alpha value is -1.59. The maximum atomic E-state index is 11.8. The lowest BCUT2D eigenvalue weighted by molar-refractivity contribution is -0.122. The van der Waals surface area contributed by atoms with E-state index in [4.69, 9.17) is 4.74 Å². The zero-order valence-corrected chi connectivity index (χ0v) is 11.5. The van der Waals surface area contributed by atoms with Gasteiger partial charge in [0.05, 0.1) is 13.7 Å². The lowest BCUT2D eigenvalue weighted by Crippen LogP contribution is -2.57. The molecule has 1 saturated heterocycles. The smallest absolute Gasteiger partial charge is 0.234 e. The van der Waals surface area contributed by atoms with Gasteiger partial charge in [-0.05, 0) is 24.7 Å². The zero-order chi connectivity index (χ0) is 13.7. The minimum atomic E-state index is 0.0530. The highest BCUT2D eigenvalue weighted by Gasteiger charge is 2.22. The molecule has 1 aromatic carbocycles. The molecule has 1 heterocycles. The average Bonchev–Trinajstić information content (AvgIpc) is 2.34. The van der Waals surface area contributed by atoms with Crippen LogP contribution < -0.4 is 15.4 Å². The second-order valence-corrected chi connectivity index (χ2v) is 4.86. The molecule has 2 N–H and O–H groups in total. The summed E-state index contributed by atoms with van der Waals surface area (Å²) in [7, 11) is 3.62. The largest absolute Gasteiger partial charge is 0.497 e. The van der Waals surface area contributed by atoms with Crippen molar-refractivity contribution in [2.75, 3.05) is 33.8 Å². The van der Waals surface area contributed by atoms with Crippen LogP contribution in [0, 0.1) is 0 Å². The predicted octanol–water partition coefficient (Wildman–Crippen LogP) is 0.215. The van der Waals surface area contributed by atoms with Crippen LogP contribution in [0.25, 0.3) is 0 Å². The van der Waals surface area contributed by atoms with Crippen LogP contribution in [-0.4, -0.2) is 50.6 Å². The molecule has 5 heteroatoms. The molecule has 1 aromatic rings. The number of nitrogens with one attached hydrogen (secondary N) is 2. The number of nitrogens with zero attached hydrogens (tertiary/aromatic N) is 1. The Morgan fingerprint density at radius 1 is 1.53 bits per heavy atom. The van der Waals surface area contributed by atoms with Gasteiger partial charge >= 0.3 is 0 Å². The van der Waals surface area contributed by atoms with Crippen molar-refractivity contribution in [2.45, 2.75) is 12.6 Å². The third-order valence-corrected chi connectivity index (χ3v) is 3.40. The van der Waals surface area contributed by atoms with Gasteiger partial charge in [0.2, 0.25) is 5.91 Å². The first-order valence-corrected chi connectivity index (χ1v) is 6.49. The van der Waals surface area contributed by atoms with E-state index < -0.39 is 0 Å². The van der Waals surface area contributed by atoms with E-state index in [0.717, 1.165) is 24.4 Å². The van der Waals surface area contributed by atoms with Crippen LogP contribution in [0.2, 0.25) is 0 Å². The van der Waals surface area contributed by atoms with E-state index in [9.17, 15) is 4.79 Å². The molecule has 1 aliphatic rings. The SMILES string of the molecule is COc1cccc(CNC(=O)CN(C)C2CNC2)c1. The number of likely N-dealkylation sites (N-methyl/N-ethyl adjacent to an activating group) is 1. The Bertz CT molecular complexity index is 432. The number of carbonyl (C=O) groups is 1. The average molecular weight is 263 g/mol. The Kier molecular flexibility index (Phi) is 4.76. The Balaban J connectivity index is 1.75. The van der Waals surface area contributed by atoms with E-state index in [1.165, 1.54) is 0 Å². The van der Waals surface area contributed by atoms with Gasteiger partial charge < -0.3 is 15.4 Å². The monoisotopic (exact) mass is 263 g/mol. The molecule has 0 aliphatic carbocycles. The summed E-state index contributed by atoms with van der Waals surface area (Å²) in [5.74, 6) is 0.863. The van der Waals surface area contributed by atoms with Gasteiger partial charge in [-0.1, -0.05) is 12.1 Å². The second-order valence-electron chi connectivity index (χ2n) is 4.86. The van der Waals surface area contributed by atoms with Crippen molar-refractivity contribution < 1.29 is 9.53 Å². The molecule has 0 saturated carbocycles. The summed E-state index contributed by atoms with van der Waals surface area (Å²) in [5.41, 5.74) is 1.04. The van der Waals surface area contributed by atoms with Crippen LogP contribution in [0.1, 0.15) is 5.56 Å². The summed E-state index contributed by atoms with van der Waals surface area (Å²) in [6.45, 7) is 2.92. The van der Waals surface area contributed by atoms with Gasteiger partial charge in [0.25, 0.3) is 0 Å². The quantitative estimate of drug-likeness (QED) is 0.771. The fraction of sp³-hybridized carbons (Fsp3) is 0.500. The van der Waals surface area contributed by atoms with Crippen molar-refractivity contribution in [1.29, 1.82) is 0 Å². The van der Waals surface area contributed by atoms with Crippen LogP contribution in [0.4, 0.5) is 0 Å². The molecule has 1 aliphatic heterocycles. The minimum absolute atomic E-state index is 0.0530. The molecule has 2 rings (SSSR count). The van der Waals surface area contributed by atoms with E-state index in [1.807, 2.05) is 31.3 Å². The Morgan fingerprint density at radius 2 is 2.32 bits per heavy atom. The van der Waals surface area contributed by atoms with Crippen LogP contribution in [-0.2, 0) is 11.3 Å². The van der Waals surface area contributed by atoms with Crippen LogP contribution in [0.15, 0.2) is 24.3 Å². The highest BCUT2D eigenvalue weighted by molar-refractivity contribution is 5.78. The molecule has 0 aromatic heterocycles. The van der Waals surface area contributed by atoms with Crippen LogP contribution in [0.5, 0.6) is 5.75 Å². The van der Waals surface area contributed by atoms with Crippen molar-refractivity contribution in [3.8, 4) is 5.75 Å². The number of rotatable bonds is 6. The molecule has 0 spiro atoms. The molecule has 104 valence electrons. The molecular formula is C14H21N3O2. The Labute approximate surface area is 113 Å². The third-order valence-electron chi connectivity index (χ3n) is 3.40. The van der Waals surface area contributed by atoms with Gasteiger partial charge in [0, 0.05) is 25.7 Å². The fourth-order valence-electron chi connectivity index (χ4n) is 1.98. The van der Waals surface area contributed by atoms with Crippen molar-refractivity contribution in [1.82, 2.24) is 15.5 Å². The van der Waals surface area contributed by atoms with Crippen molar-refractivity contribution >= 4 is 5.91 Å². The molecule has 1 amide bonds. The second kappa shape index (κ2) is 6.54. The van der Waals surface area contributed by atoms with Crippen molar-refractivity contribution in [2.24, 2.45) is 0 Å². The number of carbonyl (C=O) groups excluding carboxylic acids is 1. The number of methoxy groups -OCH3 is 1. The van der Waals surface area contributed by atoms with Crippen molar-refractivity contribution in [3.63, 3.8) is 0 Å². The molecule has 5 nitrogen and oxygen atoms in total. The summed E-state index contributed by atoms with van der Waals surface area (Å²) in [5, 5.41) is 6.13. The molecule has 19 heavy (non-hydrogen) atoms.